The van der Waals surface area contributed by atoms with Gasteiger partial charge in [0.15, 0.2) is 0 Å². The van der Waals surface area contributed by atoms with Gasteiger partial charge in [0.05, 0.1) is 24.9 Å². The van der Waals surface area contributed by atoms with Crippen LogP contribution in [-0.2, 0) is 22.7 Å². The molecule has 7 nitrogen and oxygen atoms in total. The van der Waals surface area contributed by atoms with Crippen LogP contribution in [0.3, 0.4) is 0 Å². The molecule has 0 saturated heterocycles. The Morgan fingerprint density at radius 1 is 1.10 bits per heavy atom. The van der Waals surface area contributed by atoms with Gasteiger partial charge in [0, 0.05) is 23.6 Å². The third-order valence-corrected chi connectivity index (χ3v) is 4.59. The number of ether oxygens (including phenoxy) is 1. The molecule has 1 aromatic heterocycles. The summed E-state index contributed by atoms with van der Waals surface area (Å²) in [7, 11) is 0. The van der Waals surface area contributed by atoms with Crippen LogP contribution in [0.15, 0.2) is 60.8 Å². The van der Waals surface area contributed by atoms with Crippen molar-refractivity contribution in [1.29, 1.82) is 0 Å². The minimum absolute atomic E-state index is 0.0639. The standard InChI is InChI=1S/C22H25N3O4/c23-22(28)19-12-25(20-9-5-4-8-18(19)20)13-21(27)24-11-10-17(26)15-29-14-16-6-2-1-3-7-16/h1-9,12,17,26H,10-11,13-15H2,(H2,23,28)(H,24,27)/t17-/m0/s1. The zero-order valence-electron chi connectivity index (χ0n) is 16.1. The fraction of sp³-hybridized carbons (Fsp3) is 0.273. The zero-order valence-corrected chi connectivity index (χ0v) is 16.1. The van der Waals surface area contributed by atoms with Gasteiger partial charge >= 0.3 is 0 Å². The Labute approximate surface area is 169 Å². The van der Waals surface area contributed by atoms with Crippen molar-refractivity contribution in [3.63, 3.8) is 0 Å². The van der Waals surface area contributed by atoms with Crippen molar-refractivity contribution in [3.8, 4) is 0 Å². The maximum atomic E-state index is 12.3. The molecular weight excluding hydrogens is 370 g/mol. The monoisotopic (exact) mass is 395 g/mol. The van der Waals surface area contributed by atoms with E-state index < -0.39 is 12.0 Å². The van der Waals surface area contributed by atoms with Crippen molar-refractivity contribution in [3.05, 3.63) is 71.9 Å². The number of aliphatic hydroxyl groups is 1. The number of primary amides is 1. The maximum absolute atomic E-state index is 12.3. The lowest BCUT2D eigenvalue weighted by molar-refractivity contribution is -0.121. The maximum Gasteiger partial charge on any atom is 0.250 e. The number of aromatic nitrogens is 1. The van der Waals surface area contributed by atoms with Gasteiger partial charge in [-0.25, -0.2) is 0 Å². The number of carbonyl (C=O) groups is 2. The van der Waals surface area contributed by atoms with E-state index in [1.54, 1.807) is 16.8 Å². The van der Waals surface area contributed by atoms with Gasteiger partial charge in [0.2, 0.25) is 5.91 Å². The highest BCUT2D eigenvalue weighted by atomic mass is 16.5. The predicted octanol–water partition coefficient (Wildman–Crippen LogP) is 1.82. The Balaban J connectivity index is 1.43. The second kappa shape index (κ2) is 9.86. The Morgan fingerprint density at radius 2 is 1.83 bits per heavy atom. The van der Waals surface area contributed by atoms with Crippen molar-refractivity contribution in [2.45, 2.75) is 25.7 Å². The molecule has 7 heteroatoms. The van der Waals surface area contributed by atoms with Gasteiger partial charge in [-0.15, -0.1) is 0 Å². The highest BCUT2D eigenvalue weighted by molar-refractivity contribution is 6.06. The van der Waals surface area contributed by atoms with E-state index in [4.69, 9.17) is 10.5 Å². The van der Waals surface area contributed by atoms with Crippen LogP contribution >= 0.6 is 0 Å². The number of fused-ring (bicyclic) bond motifs is 1. The first kappa shape index (κ1) is 20.6. The predicted molar refractivity (Wildman–Crippen MR) is 110 cm³/mol. The molecule has 29 heavy (non-hydrogen) atoms. The molecule has 0 saturated carbocycles. The van der Waals surface area contributed by atoms with Crippen molar-refractivity contribution >= 4 is 22.7 Å². The van der Waals surface area contributed by atoms with Crippen LogP contribution < -0.4 is 11.1 Å². The summed E-state index contributed by atoms with van der Waals surface area (Å²) in [6, 6.07) is 17.0. The number of nitrogens with one attached hydrogen (secondary N) is 1. The van der Waals surface area contributed by atoms with Gasteiger partial charge in [0.25, 0.3) is 5.91 Å². The number of para-hydroxylation sites is 1. The summed E-state index contributed by atoms with van der Waals surface area (Å²) in [5.74, 6) is -0.738. The van der Waals surface area contributed by atoms with Crippen molar-refractivity contribution in [1.82, 2.24) is 9.88 Å². The number of nitrogens with two attached hydrogens (primary N) is 1. The molecule has 2 amide bonds. The molecule has 152 valence electrons. The van der Waals surface area contributed by atoms with Crippen molar-refractivity contribution in [2.24, 2.45) is 5.73 Å². The summed E-state index contributed by atoms with van der Waals surface area (Å²) in [4.78, 5) is 23.9. The normalized spacial score (nSPS) is 12.0. The number of benzene rings is 2. The largest absolute Gasteiger partial charge is 0.391 e. The average molecular weight is 395 g/mol. The summed E-state index contributed by atoms with van der Waals surface area (Å²) < 4.78 is 7.20. The number of hydrogen-bond donors (Lipinski definition) is 3. The Kier molecular flexibility index (Phi) is 6.99. The first-order valence-electron chi connectivity index (χ1n) is 9.48. The highest BCUT2D eigenvalue weighted by Crippen LogP contribution is 2.20. The molecule has 2 aromatic carbocycles. The van der Waals surface area contributed by atoms with Gasteiger partial charge in [-0.3, -0.25) is 9.59 Å². The van der Waals surface area contributed by atoms with Gasteiger partial charge in [-0.2, -0.15) is 0 Å². The minimum atomic E-state index is -0.659. The SMILES string of the molecule is NC(=O)c1cn(CC(=O)NCC[C@H](O)COCc2ccccc2)c2ccccc12. The molecule has 4 N–H and O–H groups in total. The van der Waals surface area contributed by atoms with Crippen LogP contribution in [0.1, 0.15) is 22.3 Å². The first-order chi connectivity index (χ1) is 14.0. The molecular formula is C22H25N3O4. The van der Waals surface area contributed by atoms with E-state index >= 15 is 0 Å². The molecule has 0 radical (unpaired) electrons. The van der Waals surface area contributed by atoms with Crippen LogP contribution in [0.2, 0.25) is 0 Å². The zero-order chi connectivity index (χ0) is 20.6. The summed E-state index contributed by atoms with van der Waals surface area (Å²) in [5.41, 5.74) is 7.62. The fourth-order valence-corrected chi connectivity index (χ4v) is 3.13. The van der Waals surface area contributed by atoms with Crippen molar-refractivity contribution in [2.75, 3.05) is 13.2 Å². The average Bonchev–Trinajstić information content (AvgIpc) is 3.08. The second-order valence-electron chi connectivity index (χ2n) is 6.85. The molecule has 1 atom stereocenters. The quantitative estimate of drug-likeness (QED) is 0.487. The lowest BCUT2D eigenvalue weighted by Gasteiger charge is -2.12. The van der Waals surface area contributed by atoms with E-state index in [2.05, 4.69) is 5.32 Å². The minimum Gasteiger partial charge on any atom is -0.391 e. The number of amides is 2. The third-order valence-electron chi connectivity index (χ3n) is 4.59. The lowest BCUT2D eigenvalue weighted by atomic mass is 10.2. The number of carbonyl (C=O) groups excluding carboxylic acids is 2. The van der Waals surface area contributed by atoms with E-state index in [0.717, 1.165) is 16.5 Å². The number of rotatable bonds is 10. The molecule has 0 unspecified atom stereocenters. The van der Waals surface area contributed by atoms with Crippen LogP contribution in [0.25, 0.3) is 10.9 Å². The topological polar surface area (TPSA) is 107 Å². The van der Waals surface area contributed by atoms with E-state index in [9.17, 15) is 14.7 Å². The van der Waals surface area contributed by atoms with Gasteiger partial charge in [-0.1, -0.05) is 48.5 Å². The number of nitrogens with zero attached hydrogens (tertiary/aromatic N) is 1. The molecule has 0 aliphatic rings. The number of hydrogen-bond acceptors (Lipinski definition) is 4. The summed E-state index contributed by atoms with van der Waals surface area (Å²) in [6.07, 6.45) is 1.33. The van der Waals surface area contributed by atoms with E-state index in [-0.39, 0.29) is 19.1 Å². The van der Waals surface area contributed by atoms with Gasteiger partial charge in [0.1, 0.15) is 6.54 Å². The fourth-order valence-electron chi connectivity index (χ4n) is 3.13. The van der Waals surface area contributed by atoms with Gasteiger partial charge < -0.3 is 25.5 Å². The van der Waals surface area contributed by atoms with E-state index in [0.29, 0.717) is 25.1 Å². The van der Waals surface area contributed by atoms with Crippen LogP contribution in [-0.4, -0.2) is 40.7 Å². The van der Waals surface area contributed by atoms with Crippen LogP contribution in [0, 0.1) is 0 Å². The van der Waals surface area contributed by atoms with Gasteiger partial charge in [-0.05, 0) is 18.1 Å². The summed E-state index contributed by atoms with van der Waals surface area (Å²) in [5, 5.41) is 13.5. The Bertz CT molecular complexity index is 969. The van der Waals surface area contributed by atoms with Crippen molar-refractivity contribution < 1.29 is 19.4 Å². The van der Waals surface area contributed by atoms with Crippen LogP contribution in [0.4, 0.5) is 0 Å². The number of aliphatic hydroxyl groups excluding tert-OH is 1. The third kappa shape index (κ3) is 5.66. The smallest absolute Gasteiger partial charge is 0.250 e. The molecule has 0 aliphatic heterocycles. The second-order valence-corrected chi connectivity index (χ2v) is 6.85. The van der Waals surface area contributed by atoms with E-state index in [1.165, 1.54) is 0 Å². The van der Waals surface area contributed by atoms with Crippen LogP contribution in [0.5, 0.6) is 0 Å². The Hall–Kier alpha value is -3.16. The summed E-state index contributed by atoms with van der Waals surface area (Å²) >= 11 is 0. The molecule has 0 spiro atoms. The molecule has 0 aliphatic carbocycles. The molecule has 3 aromatic rings. The molecule has 0 bridgehead atoms. The Morgan fingerprint density at radius 3 is 2.59 bits per heavy atom. The first-order valence-corrected chi connectivity index (χ1v) is 9.48. The molecule has 3 rings (SSSR count). The molecule has 0 fully saturated rings. The molecule has 1 heterocycles. The lowest BCUT2D eigenvalue weighted by Crippen LogP contribution is -2.31. The van der Waals surface area contributed by atoms with E-state index in [1.807, 2.05) is 48.5 Å². The highest BCUT2D eigenvalue weighted by Gasteiger charge is 2.14. The summed E-state index contributed by atoms with van der Waals surface area (Å²) in [6.45, 7) is 1.03.